The van der Waals surface area contributed by atoms with Crippen molar-refractivity contribution in [3.05, 3.63) is 53.9 Å². The van der Waals surface area contributed by atoms with Crippen LogP contribution in [-0.4, -0.2) is 22.2 Å². The number of alkyl halides is 2. The highest BCUT2D eigenvalue weighted by molar-refractivity contribution is 6.06. The number of ketones is 1. The lowest BCUT2D eigenvalue weighted by atomic mass is 10.1. The van der Waals surface area contributed by atoms with Crippen molar-refractivity contribution in [3.8, 4) is 5.75 Å². The van der Waals surface area contributed by atoms with Crippen LogP contribution < -0.4 is 4.74 Å². The third kappa shape index (κ3) is 4.24. The third-order valence-corrected chi connectivity index (χ3v) is 2.77. The molecule has 0 amide bonds. The van der Waals surface area contributed by atoms with Gasteiger partial charge in [-0.25, -0.2) is 0 Å². The van der Waals surface area contributed by atoms with E-state index in [1.54, 1.807) is 17.0 Å². The Balaban J connectivity index is 2.02. The number of allylic oxidation sites excluding steroid dienone is 1. The van der Waals surface area contributed by atoms with Crippen LogP contribution in [0.3, 0.4) is 0 Å². The predicted octanol–water partition coefficient (Wildman–Crippen LogP) is 3.40. The molecule has 0 aliphatic rings. The predicted molar refractivity (Wildman–Crippen MR) is 74.3 cm³/mol. The summed E-state index contributed by atoms with van der Waals surface area (Å²) in [5, 5.41) is 4.09. The van der Waals surface area contributed by atoms with E-state index in [1.165, 1.54) is 30.3 Å². The fourth-order valence-electron chi connectivity index (χ4n) is 1.71. The molecule has 0 N–H and O–H groups in total. The van der Waals surface area contributed by atoms with Gasteiger partial charge in [0.15, 0.2) is 5.78 Å². The molecule has 0 bridgehead atoms. The number of benzene rings is 1. The minimum Gasteiger partial charge on any atom is -0.435 e. The molecule has 0 atom stereocenters. The first-order valence-electron chi connectivity index (χ1n) is 6.38. The number of ether oxygens (including phenoxy) is 1. The normalized spacial score (nSPS) is 11.2. The van der Waals surface area contributed by atoms with Gasteiger partial charge in [0.2, 0.25) is 0 Å². The largest absolute Gasteiger partial charge is 0.435 e. The average Bonchev–Trinajstić information content (AvgIpc) is 2.93. The molecule has 1 heterocycles. The van der Waals surface area contributed by atoms with E-state index in [0.717, 1.165) is 12.1 Å². The van der Waals surface area contributed by atoms with E-state index in [1.807, 2.05) is 13.1 Å². The second kappa shape index (κ2) is 6.78. The van der Waals surface area contributed by atoms with Crippen LogP contribution in [0, 0.1) is 0 Å². The van der Waals surface area contributed by atoms with Crippen LogP contribution in [0.1, 0.15) is 22.8 Å². The number of rotatable bonds is 6. The Morgan fingerprint density at radius 1 is 1.38 bits per heavy atom. The van der Waals surface area contributed by atoms with Gasteiger partial charge in [0.25, 0.3) is 0 Å². The summed E-state index contributed by atoms with van der Waals surface area (Å²) < 4.78 is 30.0. The van der Waals surface area contributed by atoms with E-state index in [9.17, 15) is 13.6 Å². The van der Waals surface area contributed by atoms with Gasteiger partial charge in [0.1, 0.15) is 5.75 Å². The lowest BCUT2D eigenvalue weighted by molar-refractivity contribution is -0.0498. The Morgan fingerprint density at radius 3 is 2.67 bits per heavy atom. The summed E-state index contributed by atoms with van der Waals surface area (Å²) in [6.07, 6.45) is 6.56. The molecule has 4 nitrogen and oxygen atoms in total. The molecule has 1 aromatic heterocycles. The fraction of sp³-hybridized carbons (Fsp3) is 0.200. The van der Waals surface area contributed by atoms with Gasteiger partial charge in [-0.05, 0) is 43.3 Å². The van der Waals surface area contributed by atoms with Crippen LogP contribution in [0.15, 0.2) is 42.7 Å². The summed E-state index contributed by atoms with van der Waals surface area (Å²) in [4.78, 5) is 11.9. The van der Waals surface area contributed by atoms with Gasteiger partial charge in [-0.15, -0.1) is 0 Å². The molecule has 2 rings (SSSR count). The molecule has 0 radical (unpaired) electrons. The summed E-state index contributed by atoms with van der Waals surface area (Å²) in [6.45, 7) is -0.149. The number of halogens is 2. The first-order chi connectivity index (χ1) is 10.1. The number of hydrogen-bond donors (Lipinski definition) is 0. The van der Waals surface area contributed by atoms with Gasteiger partial charge < -0.3 is 4.74 Å². The van der Waals surface area contributed by atoms with Crippen molar-refractivity contribution in [1.82, 2.24) is 9.78 Å². The zero-order valence-electron chi connectivity index (χ0n) is 11.4. The number of carbonyl (C=O) groups excluding carboxylic acids is 1. The van der Waals surface area contributed by atoms with Crippen LogP contribution in [0.5, 0.6) is 5.75 Å². The first kappa shape index (κ1) is 14.9. The third-order valence-electron chi connectivity index (χ3n) is 2.77. The van der Waals surface area contributed by atoms with E-state index in [-0.39, 0.29) is 11.5 Å². The van der Waals surface area contributed by atoms with Gasteiger partial charge in [-0.1, -0.05) is 0 Å². The lowest BCUT2D eigenvalue weighted by Gasteiger charge is -2.04. The van der Waals surface area contributed by atoms with Crippen molar-refractivity contribution in [3.63, 3.8) is 0 Å². The van der Waals surface area contributed by atoms with Gasteiger partial charge in [-0.2, -0.15) is 13.9 Å². The van der Waals surface area contributed by atoms with Crippen LogP contribution in [0.25, 0.3) is 6.08 Å². The maximum atomic E-state index is 12.0. The van der Waals surface area contributed by atoms with Crippen molar-refractivity contribution in [2.24, 2.45) is 0 Å². The molecule has 110 valence electrons. The number of aromatic nitrogens is 2. The van der Waals surface area contributed by atoms with Crippen molar-refractivity contribution in [2.75, 3.05) is 0 Å². The monoisotopic (exact) mass is 292 g/mol. The molecule has 0 spiro atoms. The zero-order chi connectivity index (χ0) is 15.2. The Morgan fingerprint density at radius 2 is 2.10 bits per heavy atom. The molecule has 0 saturated carbocycles. The first-order valence-corrected chi connectivity index (χ1v) is 6.38. The molecule has 0 aliphatic heterocycles. The molecule has 1 aromatic carbocycles. The van der Waals surface area contributed by atoms with E-state index >= 15 is 0 Å². The van der Waals surface area contributed by atoms with E-state index in [4.69, 9.17) is 0 Å². The Hall–Kier alpha value is -2.50. The quantitative estimate of drug-likeness (QED) is 0.605. The van der Waals surface area contributed by atoms with Crippen molar-refractivity contribution in [1.29, 1.82) is 0 Å². The van der Waals surface area contributed by atoms with Gasteiger partial charge in [0.05, 0.1) is 6.20 Å². The summed E-state index contributed by atoms with van der Waals surface area (Å²) in [6, 6.07) is 5.56. The minimum atomic E-state index is -2.87. The number of carbonyl (C=O) groups is 1. The number of aryl methyl sites for hydroxylation is 1. The van der Waals surface area contributed by atoms with Crippen molar-refractivity contribution in [2.45, 2.75) is 20.1 Å². The second-order valence-corrected chi connectivity index (χ2v) is 4.23. The van der Waals surface area contributed by atoms with Gasteiger partial charge >= 0.3 is 6.61 Å². The molecule has 0 aliphatic carbocycles. The topological polar surface area (TPSA) is 44.1 Å². The van der Waals surface area contributed by atoms with Crippen LogP contribution in [-0.2, 0) is 6.54 Å². The van der Waals surface area contributed by atoms with Crippen LogP contribution in [0.4, 0.5) is 8.78 Å². The Kier molecular flexibility index (Phi) is 4.81. The molecule has 0 unspecified atom stereocenters. The Labute approximate surface area is 120 Å². The summed E-state index contributed by atoms with van der Waals surface area (Å²) in [5.74, 6) is -0.197. The molecule has 6 heteroatoms. The Bertz CT molecular complexity index is 633. The second-order valence-electron chi connectivity index (χ2n) is 4.23. The zero-order valence-corrected chi connectivity index (χ0v) is 11.4. The highest BCUT2D eigenvalue weighted by atomic mass is 19.3. The summed E-state index contributed by atoms with van der Waals surface area (Å²) in [7, 11) is 0. The molecule has 2 aromatic rings. The maximum absolute atomic E-state index is 12.0. The van der Waals surface area contributed by atoms with E-state index < -0.39 is 6.61 Å². The SMILES string of the molecule is CCn1cc(/C=C/C(=O)c2ccc(OC(F)F)cc2)cn1. The van der Waals surface area contributed by atoms with E-state index in [0.29, 0.717) is 5.56 Å². The molecular formula is C15H14F2N2O2. The molecule has 21 heavy (non-hydrogen) atoms. The molecular weight excluding hydrogens is 278 g/mol. The minimum absolute atomic E-state index is 0.0229. The number of hydrogen-bond acceptors (Lipinski definition) is 3. The van der Waals surface area contributed by atoms with Crippen molar-refractivity contribution < 1.29 is 18.3 Å². The highest BCUT2D eigenvalue weighted by Gasteiger charge is 2.06. The fourth-order valence-corrected chi connectivity index (χ4v) is 1.71. The van der Waals surface area contributed by atoms with Crippen LogP contribution in [0.2, 0.25) is 0 Å². The highest BCUT2D eigenvalue weighted by Crippen LogP contribution is 2.15. The maximum Gasteiger partial charge on any atom is 0.387 e. The van der Waals surface area contributed by atoms with E-state index in [2.05, 4.69) is 9.84 Å². The summed E-state index contributed by atoms with van der Waals surface area (Å²) >= 11 is 0. The average molecular weight is 292 g/mol. The standard InChI is InChI=1S/C15H14F2N2O2/c1-2-19-10-11(9-18-19)3-8-14(20)12-4-6-13(7-5-12)21-15(16)17/h3-10,15H,2H2,1H3/b8-3+. The summed E-state index contributed by atoms with van der Waals surface area (Å²) in [5.41, 5.74) is 1.22. The van der Waals surface area contributed by atoms with Crippen LogP contribution >= 0.6 is 0 Å². The lowest BCUT2D eigenvalue weighted by Crippen LogP contribution is -2.02. The van der Waals surface area contributed by atoms with Gasteiger partial charge in [-0.3, -0.25) is 9.48 Å². The van der Waals surface area contributed by atoms with Gasteiger partial charge in [0, 0.05) is 23.9 Å². The van der Waals surface area contributed by atoms with Crippen molar-refractivity contribution >= 4 is 11.9 Å². The smallest absolute Gasteiger partial charge is 0.387 e. The molecule has 0 fully saturated rings. The molecule has 0 saturated heterocycles. The number of nitrogens with zero attached hydrogens (tertiary/aromatic N) is 2.